The normalized spacial score (nSPS) is 8.89. The summed E-state index contributed by atoms with van der Waals surface area (Å²) in [5, 5.41) is 11.1. The minimum atomic E-state index is 0. The standard InChI is InChI=1S/C6H11NO.H2O/c1-2-4-7-5-3-6-8;/h2-3,6-8H,1,4-5H2;1H2. The quantitative estimate of drug-likeness (QED) is 0.320. The molecular formula is C6H13NO2. The molecule has 4 N–H and O–H groups in total. The van der Waals surface area contributed by atoms with Crippen LogP contribution >= 0.6 is 0 Å². The first-order chi connectivity index (χ1) is 3.91. The molecule has 0 spiro atoms. The van der Waals surface area contributed by atoms with Gasteiger partial charge in [0.2, 0.25) is 0 Å². The van der Waals surface area contributed by atoms with Gasteiger partial charge in [-0.1, -0.05) is 6.08 Å². The molecule has 0 unspecified atom stereocenters. The fourth-order valence-corrected chi connectivity index (χ4v) is 0.321. The van der Waals surface area contributed by atoms with Crippen molar-refractivity contribution in [3.8, 4) is 0 Å². The SMILES string of the molecule is C=CCNCC=CO.O. The Labute approximate surface area is 55.0 Å². The molecular weight excluding hydrogens is 118 g/mol. The molecule has 9 heavy (non-hydrogen) atoms. The highest BCUT2D eigenvalue weighted by molar-refractivity contribution is 4.77. The van der Waals surface area contributed by atoms with Crippen molar-refractivity contribution in [2.75, 3.05) is 13.1 Å². The Morgan fingerprint density at radius 3 is 2.56 bits per heavy atom. The van der Waals surface area contributed by atoms with Gasteiger partial charge in [-0.25, -0.2) is 0 Å². The van der Waals surface area contributed by atoms with E-state index in [9.17, 15) is 0 Å². The van der Waals surface area contributed by atoms with E-state index in [0.717, 1.165) is 12.8 Å². The smallest absolute Gasteiger partial charge is 0.0764 e. The summed E-state index contributed by atoms with van der Waals surface area (Å²) in [6.07, 6.45) is 4.42. The third-order valence-corrected chi connectivity index (χ3v) is 0.656. The minimum absolute atomic E-state index is 0. The van der Waals surface area contributed by atoms with E-state index in [0.29, 0.717) is 6.54 Å². The van der Waals surface area contributed by atoms with Crippen LogP contribution in [0.2, 0.25) is 0 Å². The third kappa shape index (κ3) is 11.0. The topological polar surface area (TPSA) is 63.8 Å². The van der Waals surface area contributed by atoms with Crippen molar-refractivity contribution in [2.24, 2.45) is 0 Å². The van der Waals surface area contributed by atoms with E-state index in [1.54, 1.807) is 12.2 Å². The van der Waals surface area contributed by atoms with Crippen LogP contribution in [0.15, 0.2) is 25.0 Å². The van der Waals surface area contributed by atoms with Crippen molar-refractivity contribution in [3.63, 3.8) is 0 Å². The molecule has 0 fully saturated rings. The summed E-state index contributed by atoms with van der Waals surface area (Å²) in [5.41, 5.74) is 0. The average Bonchev–Trinajstić information content (AvgIpc) is 1.81. The molecule has 54 valence electrons. The zero-order valence-corrected chi connectivity index (χ0v) is 5.30. The summed E-state index contributed by atoms with van der Waals surface area (Å²) >= 11 is 0. The highest BCUT2D eigenvalue weighted by Gasteiger charge is 1.72. The maximum Gasteiger partial charge on any atom is 0.0764 e. The van der Waals surface area contributed by atoms with Crippen LogP contribution in [0.5, 0.6) is 0 Å². The van der Waals surface area contributed by atoms with Crippen LogP contribution in [0.1, 0.15) is 0 Å². The first-order valence-electron chi connectivity index (χ1n) is 2.52. The van der Waals surface area contributed by atoms with Crippen molar-refractivity contribution < 1.29 is 10.6 Å². The zero-order valence-electron chi connectivity index (χ0n) is 5.30. The van der Waals surface area contributed by atoms with Gasteiger partial charge in [-0.15, -0.1) is 6.58 Å². The maximum absolute atomic E-state index is 8.12. The number of hydrogen-bond acceptors (Lipinski definition) is 2. The summed E-state index contributed by atoms with van der Waals surface area (Å²) < 4.78 is 0. The number of aliphatic hydroxyl groups is 1. The van der Waals surface area contributed by atoms with Crippen molar-refractivity contribution in [1.29, 1.82) is 0 Å². The summed E-state index contributed by atoms with van der Waals surface area (Å²) in [6, 6.07) is 0. The Kier molecular flexibility index (Phi) is 12.6. The monoisotopic (exact) mass is 131 g/mol. The van der Waals surface area contributed by atoms with Gasteiger partial charge in [-0.3, -0.25) is 0 Å². The summed E-state index contributed by atoms with van der Waals surface area (Å²) in [5.74, 6) is 0. The molecule has 3 nitrogen and oxygen atoms in total. The zero-order chi connectivity index (χ0) is 6.24. The van der Waals surface area contributed by atoms with E-state index < -0.39 is 0 Å². The lowest BCUT2D eigenvalue weighted by Gasteiger charge is -1.90. The minimum Gasteiger partial charge on any atom is -0.516 e. The summed E-state index contributed by atoms with van der Waals surface area (Å²) in [6.45, 7) is 4.99. The van der Waals surface area contributed by atoms with E-state index >= 15 is 0 Å². The lowest BCUT2D eigenvalue weighted by Crippen LogP contribution is -2.12. The highest BCUT2D eigenvalue weighted by atomic mass is 16.2. The predicted molar refractivity (Wildman–Crippen MR) is 38.4 cm³/mol. The molecule has 0 saturated heterocycles. The van der Waals surface area contributed by atoms with Crippen LogP contribution in [0.4, 0.5) is 0 Å². The Balaban J connectivity index is 0. The fraction of sp³-hybridized carbons (Fsp3) is 0.333. The molecule has 0 aliphatic carbocycles. The Morgan fingerprint density at radius 2 is 2.11 bits per heavy atom. The van der Waals surface area contributed by atoms with Gasteiger partial charge in [-0.05, 0) is 6.08 Å². The van der Waals surface area contributed by atoms with Gasteiger partial charge in [0.05, 0.1) is 6.26 Å². The largest absolute Gasteiger partial charge is 0.516 e. The summed E-state index contributed by atoms with van der Waals surface area (Å²) in [4.78, 5) is 0. The first-order valence-corrected chi connectivity index (χ1v) is 2.52. The second-order valence-corrected chi connectivity index (χ2v) is 1.33. The van der Waals surface area contributed by atoms with Crippen LogP contribution in [-0.2, 0) is 0 Å². The number of rotatable bonds is 4. The molecule has 0 aromatic heterocycles. The van der Waals surface area contributed by atoms with Gasteiger partial charge in [0.25, 0.3) is 0 Å². The Hall–Kier alpha value is -0.800. The van der Waals surface area contributed by atoms with E-state index in [-0.39, 0.29) is 5.48 Å². The average molecular weight is 131 g/mol. The van der Waals surface area contributed by atoms with Crippen LogP contribution in [0, 0.1) is 0 Å². The predicted octanol–water partition coefficient (Wildman–Crippen LogP) is 0.00900. The molecule has 0 aliphatic rings. The van der Waals surface area contributed by atoms with Crippen LogP contribution < -0.4 is 5.32 Å². The van der Waals surface area contributed by atoms with E-state index in [1.807, 2.05) is 0 Å². The van der Waals surface area contributed by atoms with Gasteiger partial charge in [0.1, 0.15) is 0 Å². The van der Waals surface area contributed by atoms with Gasteiger partial charge in [0, 0.05) is 13.1 Å². The van der Waals surface area contributed by atoms with Crippen molar-refractivity contribution in [2.45, 2.75) is 0 Å². The van der Waals surface area contributed by atoms with E-state index in [1.165, 1.54) is 0 Å². The van der Waals surface area contributed by atoms with Crippen molar-refractivity contribution in [1.82, 2.24) is 5.32 Å². The van der Waals surface area contributed by atoms with Crippen LogP contribution in [-0.4, -0.2) is 23.7 Å². The molecule has 0 bridgehead atoms. The number of nitrogens with one attached hydrogen (secondary N) is 1. The molecule has 0 aromatic rings. The van der Waals surface area contributed by atoms with Gasteiger partial charge in [-0.2, -0.15) is 0 Å². The first kappa shape index (κ1) is 11.1. The fourth-order valence-electron chi connectivity index (χ4n) is 0.321. The maximum atomic E-state index is 8.12. The molecule has 0 aromatic carbocycles. The number of hydrogen-bond donors (Lipinski definition) is 2. The third-order valence-electron chi connectivity index (χ3n) is 0.656. The second-order valence-electron chi connectivity index (χ2n) is 1.33. The lowest BCUT2D eigenvalue weighted by molar-refractivity contribution is 0.471. The van der Waals surface area contributed by atoms with Crippen molar-refractivity contribution in [3.05, 3.63) is 25.0 Å². The molecule has 3 heteroatoms. The number of aliphatic hydroxyl groups excluding tert-OH is 1. The lowest BCUT2D eigenvalue weighted by atomic mass is 10.5. The van der Waals surface area contributed by atoms with Gasteiger partial charge >= 0.3 is 0 Å². The van der Waals surface area contributed by atoms with E-state index in [2.05, 4.69) is 11.9 Å². The molecule has 0 heterocycles. The van der Waals surface area contributed by atoms with Crippen LogP contribution in [0.25, 0.3) is 0 Å². The van der Waals surface area contributed by atoms with Gasteiger partial charge in [0.15, 0.2) is 0 Å². The molecule has 0 amide bonds. The second kappa shape index (κ2) is 10.2. The van der Waals surface area contributed by atoms with Crippen molar-refractivity contribution >= 4 is 0 Å². The highest BCUT2D eigenvalue weighted by Crippen LogP contribution is 1.63. The molecule has 0 rings (SSSR count). The molecule has 0 atom stereocenters. The summed E-state index contributed by atoms with van der Waals surface area (Å²) in [7, 11) is 0. The Bertz CT molecular complexity index is 81.1. The Morgan fingerprint density at radius 1 is 1.44 bits per heavy atom. The molecule has 0 saturated carbocycles. The van der Waals surface area contributed by atoms with Gasteiger partial charge < -0.3 is 15.9 Å². The van der Waals surface area contributed by atoms with E-state index in [4.69, 9.17) is 5.11 Å². The molecule has 0 aliphatic heterocycles. The van der Waals surface area contributed by atoms with Crippen LogP contribution in [0.3, 0.4) is 0 Å². The molecule has 0 radical (unpaired) electrons.